The first-order chi connectivity index (χ1) is 9.68. The molecule has 1 amide bonds. The number of benzene rings is 1. The lowest BCUT2D eigenvalue weighted by Crippen LogP contribution is -2.24. The van der Waals surface area contributed by atoms with E-state index in [1.54, 1.807) is 0 Å². The Morgan fingerprint density at radius 3 is 2.40 bits per heavy atom. The number of hydrogen-bond acceptors (Lipinski definition) is 1. The Morgan fingerprint density at radius 2 is 1.75 bits per heavy atom. The lowest BCUT2D eigenvalue weighted by molar-refractivity contribution is -0.120. The second kappa shape index (κ2) is 7.82. The van der Waals surface area contributed by atoms with Crippen LogP contribution >= 0.6 is 15.9 Å². The molecular weight excluding hydrogens is 314 g/mol. The van der Waals surface area contributed by atoms with E-state index in [4.69, 9.17) is 0 Å². The van der Waals surface area contributed by atoms with Gasteiger partial charge in [-0.2, -0.15) is 0 Å². The van der Waals surface area contributed by atoms with E-state index < -0.39 is 0 Å². The minimum atomic E-state index is 0.189. The molecule has 0 spiro atoms. The van der Waals surface area contributed by atoms with E-state index in [0.717, 1.165) is 24.1 Å². The third-order valence-corrected chi connectivity index (χ3v) is 4.62. The average molecular weight is 338 g/mol. The van der Waals surface area contributed by atoms with Crippen molar-refractivity contribution in [1.29, 1.82) is 0 Å². The summed E-state index contributed by atoms with van der Waals surface area (Å²) in [5.74, 6) is 0.390. The molecule has 0 aliphatic heterocycles. The van der Waals surface area contributed by atoms with Crippen LogP contribution in [0.3, 0.4) is 0 Å². The Bertz CT molecular complexity index is 436. The van der Waals surface area contributed by atoms with Crippen LogP contribution in [0.2, 0.25) is 0 Å². The lowest BCUT2D eigenvalue weighted by atomic mass is 9.90. The number of carbonyl (C=O) groups is 1. The van der Waals surface area contributed by atoms with Gasteiger partial charge < -0.3 is 5.32 Å². The van der Waals surface area contributed by atoms with E-state index in [2.05, 4.69) is 34.2 Å². The van der Waals surface area contributed by atoms with Gasteiger partial charge in [0.25, 0.3) is 0 Å². The molecule has 110 valence electrons. The van der Waals surface area contributed by atoms with Gasteiger partial charge in [0.1, 0.15) is 0 Å². The first-order valence-electron chi connectivity index (χ1n) is 7.72. The maximum Gasteiger partial charge on any atom is 0.227 e. The molecule has 0 saturated heterocycles. The monoisotopic (exact) mass is 337 g/mol. The van der Waals surface area contributed by atoms with Crippen LogP contribution in [0.25, 0.3) is 0 Å². The Kier molecular flexibility index (Phi) is 6.08. The molecule has 3 heteroatoms. The molecule has 1 aliphatic rings. The summed E-state index contributed by atoms with van der Waals surface area (Å²) in [6.07, 6.45) is 8.34. The smallest absolute Gasteiger partial charge is 0.227 e. The molecule has 1 N–H and O–H groups in total. The Balaban J connectivity index is 2.03. The van der Waals surface area contributed by atoms with Crippen LogP contribution in [0.15, 0.2) is 24.3 Å². The van der Waals surface area contributed by atoms with Gasteiger partial charge in [-0.05, 0) is 31.4 Å². The summed E-state index contributed by atoms with van der Waals surface area (Å²) in [5, 5.41) is 3.14. The molecule has 2 rings (SSSR count). The SMILES string of the molecule is CC(Br)c1ccccc1NC(=O)C1CCCCCCC1. The van der Waals surface area contributed by atoms with Crippen molar-refractivity contribution in [3.05, 3.63) is 29.8 Å². The van der Waals surface area contributed by atoms with E-state index in [1.165, 1.54) is 32.1 Å². The van der Waals surface area contributed by atoms with Crippen molar-refractivity contribution in [2.75, 3.05) is 5.32 Å². The van der Waals surface area contributed by atoms with Crippen molar-refractivity contribution < 1.29 is 4.79 Å². The van der Waals surface area contributed by atoms with Gasteiger partial charge in [-0.1, -0.05) is 66.2 Å². The highest BCUT2D eigenvalue weighted by Gasteiger charge is 2.20. The van der Waals surface area contributed by atoms with E-state index in [0.29, 0.717) is 0 Å². The fraction of sp³-hybridized carbons (Fsp3) is 0.588. The normalized spacial score (nSPS) is 18.9. The highest BCUT2D eigenvalue weighted by molar-refractivity contribution is 9.09. The molecule has 1 aliphatic carbocycles. The van der Waals surface area contributed by atoms with Crippen LogP contribution < -0.4 is 5.32 Å². The third-order valence-electron chi connectivity index (χ3n) is 4.12. The van der Waals surface area contributed by atoms with Crippen molar-refractivity contribution in [3.63, 3.8) is 0 Å². The zero-order valence-electron chi connectivity index (χ0n) is 12.2. The van der Waals surface area contributed by atoms with Gasteiger partial charge in [0.15, 0.2) is 0 Å². The van der Waals surface area contributed by atoms with E-state index in [9.17, 15) is 4.79 Å². The summed E-state index contributed by atoms with van der Waals surface area (Å²) in [4.78, 5) is 12.7. The van der Waals surface area contributed by atoms with Gasteiger partial charge in [-0.15, -0.1) is 0 Å². The molecule has 1 aromatic carbocycles. The molecule has 1 aromatic rings. The summed E-state index contributed by atoms with van der Waals surface area (Å²) >= 11 is 3.59. The number of carbonyl (C=O) groups excluding carboxylic acids is 1. The van der Waals surface area contributed by atoms with Crippen molar-refractivity contribution in [1.82, 2.24) is 0 Å². The number of nitrogens with one attached hydrogen (secondary N) is 1. The molecule has 0 aromatic heterocycles. The molecule has 1 saturated carbocycles. The Hall–Kier alpha value is -0.830. The van der Waals surface area contributed by atoms with Gasteiger partial charge in [0.2, 0.25) is 5.91 Å². The van der Waals surface area contributed by atoms with Crippen molar-refractivity contribution in [2.24, 2.45) is 5.92 Å². The average Bonchev–Trinajstić information content (AvgIpc) is 2.38. The van der Waals surface area contributed by atoms with Crippen molar-refractivity contribution in [2.45, 2.75) is 56.7 Å². The lowest BCUT2D eigenvalue weighted by Gasteiger charge is -2.20. The van der Waals surface area contributed by atoms with E-state index >= 15 is 0 Å². The molecule has 1 unspecified atom stereocenters. The molecule has 0 bridgehead atoms. The topological polar surface area (TPSA) is 29.1 Å². The number of rotatable bonds is 3. The molecule has 0 radical (unpaired) electrons. The van der Waals surface area contributed by atoms with Gasteiger partial charge in [0, 0.05) is 16.4 Å². The van der Waals surface area contributed by atoms with Gasteiger partial charge in [-0.25, -0.2) is 0 Å². The van der Waals surface area contributed by atoms with Gasteiger partial charge in [0.05, 0.1) is 0 Å². The van der Waals surface area contributed by atoms with Crippen LogP contribution in [-0.4, -0.2) is 5.91 Å². The first-order valence-corrected chi connectivity index (χ1v) is 8.64. The molecule has 20 heavy (non-hydrogen) atoms. The number of halogens is 1. The molecular formula is C17H24BrNO. The minimum Gasteiger partial charge on any atom is -0.326 e. The van der Waals surface area contributed by atoms with Crippen LogP contribution in [0.1, 0.15) is 62.3 Å². The minimum absolute atomic E-state index is 0.189. The maximum absolute atomic E-state index is 12.5. The third kappa shape index (κ3) is 4.34. The van der Waals surface area contributed by atoms with E-state index in [1.807, 2.05) is 18.2 Å². The molecule has 1 fully saturated rings. The number of anilines is 1. The Labute approximate surface area is 130 Å². The van der Waals surface area contributed by atoms with Crippen LogP contribution in [-0.2, 0) is 4.79 Å². The van der Waals surface area contributed by atoms with Crippen molar-refractivity contribution in [3.8, 4) is 0 Å². The Morgan fingerprint density at radius 1 is 1.15 bits per heavy atom. The second-order valence-corrected chi connectivity index (χ2v) is 7.11. The molecule has 2 nitrogen and oxygen atoms in total. The number of hydrogen-bond donors (Lipinski definition) is 1. The summed E-state index contributed by atoms with van der Waals surface area (Å²) < 4.78 is 0. The predicted octanol–water partition coefficient (Wildman–Crippen LogP) is 5.44. The van der Waals surface area contributed by atoms with Gasteiger partial charge in [-0.3, -0.25) is 4.79 Å². The highest BCUT2D eigenvalue weighted by Crippen LogP contribution is 2.30. The summed E-state index contributed by atoms with van der Waals surface area (Å²) in [7, 11) is 0. The van der Waals surface area contributed by atoms with Crippen molar-refractivity contribution >= 4 is 27.5 Å². The molecule has 0 heterocycles. The number of para-hydroxylation sites is 1. The number of alkyl halides is 1. The largest absolute Gasteiger partial charge is 0.326 e. The fourth-order valence-electron chi connectivity index (χ4n) is 2.91. The fourth-order valence-corrected chi connectivity index (χ4v) is 3.31. The summed E-state index contributed by atoms with van der Waals surface area (Å²) in [6.45, 7) is 2.08. The van der Waals surface area contributed by atoms with Crippen LogP contribution in [0, 0.1) is 5.92 Å². The quantitative estimate of drug-likeness (QED) is 0.731. The predicted molar refractivity (Wildman–Crippen MR) is 88.2 cm³/mol. The maximum atomic E-state index is 12.5. The first kappa shape index (κ1) is 15.6. The number of amides is 1. The van der Waals surface area contributed by atoms with E-state index in [-0.39, 0.29) is 16.7 Å². The second-order valence-electron chi connectivity index (χ2n) is 5.73. The van der Waals surface area contributed by atoms with Gasteiger partial charge >= 0.3 is 0 Å². The molecule has 1 atom stereocenters. The summed E-state index contributed by atoms with van der Waals surface area (Å²) in [6, 6.07) is 8.05. The van der Waals surface area contributed by atoms with Crippen LogP contribution in [0.4, 0.5) is 5.69 Å². The standard InChI is InChI=1S/C17H24BrNO/c1-13(18)15-11-7-8-12-16(15)19-17(20)14-9-5-3-2-4-6-10-14/h7-8,11-14H,2-6,9-10H2,1H3,(H,19,20). The van der Waals surface area contributed by atoms with Crippen LogP contribution in [0.5, 0.6) is 0 Å². The zero-order valence-corrected chi connectivity index (χ0v) is 13.8. The summed E-state index contributed by atoms with van der Waals surface area (Å²) in [5.41, 5.74) is 2.09. The zero-order chi connectivity index (χ0) is 14.4. The highest BCUT2D eigenvalue weighted by atomic mass is 79.9.